The SMILES string of the molecule is Clc1ccccc1OCc1cncc(-c2ccc3ccccc3c2)c1. The summed E-state index contributed by atoms with van der Waals surface area (Å²) in [6.45, 7) is 0.429. The number of para-hydroxylation sites is 1. The van der Waals surface area contributed by atoms with Crippen LogP contribution in [0, 0.1) is 0 Å². The van der Waals surface area contributed by atoms with Gasteiger partial charge in [-0.25, -0.2) is 0 Å². The molecule has 3 aromatic carbocycles. The third-order valence-electron chi connectivity index (χ3n) is 4.11. The van der Waals surface area contributed by atoms with Crippen LogP contribution in [-0.2, 0) is 6.61 Å². The fraction of sp³-hybridized carbons (Fsp3) is 0.0455. The Balaban J connectivity index is 1.59. The molecule has 0 fully saturated rings. The predicted molar refractivity (Wildman–Crippen MR) is 103 cm³/mol. The lowest BCUT2D eigenvalue weighted by Crippen LogP contribution is -1.97. The Labute approximate surface area is 151 Å². The van der Waals surface area contributed by atoms with Gasteiger partial charge in [0.1, 0.15) is 12.4 Å². The number of aromatic nitrogens is 1. The van der Waals surface area contributed by atoms with Crippen molar-refractivity contribution < 1.29 is 4.74 Å². The molecule has 4 aromatic rings. The molecule has 0 radical (unpaired) electrons. The van der Waals surface area contributed by atoms with E-state index in [9.17, 15) is 0 Å². The van der Waals surface area contributed by atoms with Crippen LogP contribution in [0.5, 0.6) is 5.75 Å². The van der Waals surface area contributed by atoms with Crippen LogP contribution in [0.2, 0.25) is 5.02 Å². The van der Waals surface area contributed by atoms with Crippen LogP contribution in [0.4, 0.5) is 0 Å². The zero-order valence-corrected chi connectivity index (χ0v) is 14.3. The number of halogens is 1. The van der Waals surface area contributed by atoms with Crippen molar-refractivity contribution in [3.63, 3.8) is 0 Å². The fourth-order valence-electron chi connectivity index (χ4n) is 2.82. The molecule has 0 aliphatic rings. The van der Waals surface area contributed by atoms with E-state index in [-0.39, 0.29) is 0 Å². The van der Waals surface area contributed by atoms with Crippen molar-refractivity contribution in [2.24, 2.45) is 0 Å². The molecule has 0 aliphatic carbocycles. The number of benzene rings is 3. The minimum absolute atomic E-state index is 0.429. The van der Waals surface area contributed by atoms with Gasteiger partial charge in [0.15, 0.2) is 0 Å². The Hall–Kier alpha value is -2.84. The van der Waals surface area contributed by atoms with Gasteiger partial charge in [-0.1, -0.05) is 60.1 Å². The Morgan fingerprint density at radius 2 is 1.56 bits per heavy atom. The highest BCUT2D eigenvalue weighted by Crippen LogP contribution is 2.26. The van der Waals surface area contributed by atoms with Crippen molar-refractivity contribution in [1.82, 2.24) is 4.98 Å². The van der Waals surface area contributed by atoms with Gasteiger partial charge in [0.05, 0.1) is 5.02 Å². The monoisotopic (exact) mass is 345 g/mol. The van der Waals surface area contributed by atoms with E-state index < -0.39 is 0 Å². The minimum atomic E-state index is 0.429. The molecule has 25 heavy (non-hydrogen) atoms. The molecular formula is C22H16ClNO. The average Bonchev–Trinajstić information content (AvgIpc) is 2.67. The predicted octanol–water partition coefficient (Wildman–Crippen LogP) is 6.13. The molecule has 0 amide bonds. The number of rotatable bonds is 4. The quantitative estimate of drug-likeness (QED) is 0.443. The zero-order valence-electron chi connectivity index (χ0n) is 13.5. The minimum Gasteiger partial charge on any atom is -0.487 e. The van der Waals surface area contributed by atoms with Gasteiger partial charge >= 0.3 is 0 Å². The number of nitrogens with zero attached hydrogens (tertiary/aromatic N) is 1. The van der Waals surface area contributed by atoms with Crippen LogP contribution >= 0.6 is 11.6 Å². The van der Waals surface area contributed by atoms with Crippen LogP contribution in [0.15, 0.2) is 85.2 Å². The number of ether oxygens (including phenoxy) is 1. The van der Waals surface area contributed by atoms with E-state index in [0.29, 0.717) is 17.4 Å². The van der Waals surface area contributed by atoms with Gasteiger partial charge in [0.2, 0.25) is 0 Å². The molecule has 0 atom stereocenters. The lowest BCUT2D eigenvalue weighted by atomic mass is 10.0. The van der Waals surface area contributed by atoms with Gasteiger partial charge in [-0.15, -0.1) is 0 Å². The highest BCUT2D eigenvalue weighted by Gasteiger charge is 2.04. The smallest absolute Gasteiger partial charge is 0.138 e. The number of hydrogen-bond donors (Lipinski definition) is 0. The summed E-state index contributed by atoms with van der Waals surface area (Å²) in [5.41, 5.74) is 3.22. The van der Waals surface area contributed by atoms with Crippen LogP contribution in [0.25, 0.3) is 21.9 Å². The van der Waals surface area contributed by atoms with E-state index in [2.05, 4.69) is 53.5 Å². The first-order chi connectivity index (χ1) is 12.3. The van der Waals surface area contributed by atoms with Crippen LogP contribution in [0.3, 0.4) is 0 Å². The van der Waals surface area contributed by atoms with Crippen LogP contribution < -0.4 is 4.74 Å². The second kappa shape index (κ2) is 6.96. The molecule has 2 nitrogen and oxygen atoms in total. The molecular weight excluding hydrogens is 330 g/mol. The van der Waals surface area contributed by atoms with Crippen molar-refractivity contribution in [2.45, 2.75) is 6.61 Å². The average molecular weight is 346 g/mol. The first-order valence-corrected chi connectivity index (χ1v) is 8.48. The Kier molecular flexibility index (Phi) is 4.36. The molecule has 0 aliphatic heterocycles. The molecule has 1 heterocycles. The third kappa shape index (κ3) is 3.49. The van der Waals surface area contributed by atoms with Crippen LogP contribution in [-0.4, -0.2) is 4.98 Å². The fourth-order valence-corrected chi connectivity index (χ4v) is 3.01. The summed E-state index contributed by atoms with van der Waals surface area (Å²) in [7, 11) is 0. The Morgan fingerprint density at radius 1 is 0.760 bits per heavy atom. The Morgan fingerprint density at radius 3 is 2.44 bits per heavy atom. The molecule has 3 heteroatoms. The normalized spacial score (nSPS) is 10.8. The molecule has 0 unspecified atom stereocenters. The van der Waals surface area contributed by atoms with Crippen molar-refractivity contribution in [3.05, 3.63) is 95.8 Å². The molecule has 0 bridgehead atoms. The summed E-state index contributed by atoms with van der Waals surface area (Å²) in [5.74, 6) is 0.681. The summed E-state index contributed by atoms with van der Waals surface area (Å²) in [4.78, 5) is 4.36. The van der Waals surface area contributed by atoms with Crippen molar-refractivity contribution in [3.8, 4) is 16.9 Å². The van der Waals surface area contributed by atoms with Crippen molar-refractivity contribution in [1.29, 1.82) is 0 Å². The molecule has 122 valence electrons. The van der Waals surface area contributed by atoms with E-state index in [1.165, 1.54) is 10.8 Å². The van der Waals surface area contributed by atoms with Gasteiger partial charge in [-0.2, -0.15) is 0 Å². The summed E-state index contributed by atoms with van der Waals surface area (Å²) >= 11 is 6.13. The molecule has 4 rings (SSSR count). The molecule has 0 saturated carbocycles. The summed E-state index contributed by atoms with van der Waals surface area (Å²) in [5, 5.41) is 3.07. The van der Waals surface area contributed by atoms with E-state index in [1.54, 1.807) is 0 Å². The summed E-state index contributed by atoms with van der Waals surface area (Å²) in [6, 6.07) is 24.4. The van der Waals surface area contributed by atoms with E-state index >= 15 is 0 Å². The van der Waals surface area contributed by atoms with E-state index in [4.69, 9.17) is 16.3 Å². The second-order valence-electron chi connectivity index (χ2n) is 5.86. The molecule has 1 aromatic heterocycles. The second-order valence-corrected chi connectivity index (χ2v) is 6.27. The zero-order chi connectivity index (χ0) is 17.1. The van der Waals surface area contributed by atoms with Gasteiger partial charge in [0, 0.05) is 23.5 Å². The van der Waals surface area contributed by atoms with Gasteiger partial charge in [-0.3, -0.25) is 4.98 Å². The molecule has 0 saturated heterocycles. The number of pyridine rings is 1. The van der Waals surface area contributed by atoms with Crippen LogP contribution in [0.1, 0.15) is 5.56 Å². The van der Waals surface area contributed by atoms with Gasteiger partial charge in [0.25, 0.3) is 0 Å². The summed E-state index contributed by atoms with van der Waals surface area (Å²) in [6.07, 6.45) is 3.70. The lowest BCUT2D eigenvalue weighted by molar-refractivity contribution is 0.306. The van der Waals surface area contributed by atoms with Gasteiger partial charge in [-0.05, 0) is 40.6 Å². The maximum atomic E-state index is 6.13. The first-order valence-electron chi connectivity index (χ1n) is 8.10. The van der Waals surface area contributed by atoms with E-state index in [1.807, 2.05) is 36.7 Å². The third-order valence-corrected chi connectivity index (χ3v) is 4.42. The van der Waals surface area contributed by atoms with Crippen molar-refractivity contribution in [2.75, 3.05) is 0 Å². The van der Waals surface area contributed by atoms with E-state index in [0.717, 1.165) is 16.7 Å². The Bertz CT molecular complexity index is 1030. The number of fused-ring (bicyclic) bond motifs is 1. The largest absolute Gasteiger partial charge is 0.487 e. The van der Waals surface area contributed by atoms with Gasteiger partial charge < -0.3 is 4.74 Å². The molecule has 0 spiro atoms. The first kappa shape index (κ1) is 15.7. The lowest BCUT2D eigenvalue weighted by Gasteiger charge is -2.09. The standard InChI is InChI=1S/C22H16ClNO/c23-21-7-3-4-8-22(21)25-15-16-11-20(14-24-13-16)19-10-9-17-5-1-2-6-18(17)12-19/h1-14H,15H2. The number of hydrogen-bond acceptors (Lipinski definition) is 2. The highest BCUT2D eigenvalue weighted by atomic mass is 35.5. The molecule has 0 N–H and O–H groups in total. The summed E-state index contributed by atoms with van der Waals surface area (Å²) < 4.78 is 5.81. The topological polar surface area (TPSA) is 22.1 Å². The maximum Gasteiger partial charge on any atom is 0.138 e. The maximum absolute atomic E-state index is 6.13. The highest BCUT2D eigenvalue weighted by molar-refractivity contribution is 6.32. The van der Waals surface area contributed by atoms with Crippen molar-refractivity contribution >= 4 is 22.4 Å².